The number of rotatable bonds is 10. The van der Waals surface area contributed by atoms with Crippen LogP contribution in [0.25, 0.3) is 94.9 Å². The maximum atomic E-state index is 2.75. The summed E-state index contributed by atoms with van der Waals surface area (Å²) in [5, 5.41) is 14.7. The zero-order chi connectivity index (χ0) is 38.3. The van der Waals surface area contributed by atoms with E-state index >= 15 is 0 Å². The van der Waals surface area contributed by atoms with Gasteiger partial charge < -0.3 is 0 Å². The summed E-state index contributed by atoms with van der Waals surface area (Å²) in [6.07, 6.45) is 0. The van der Waals surface area contributed by atoms with Gasteiger partial charge >= 0.3 is 0 Å². The van der Waals surface area contributed by atoms with E-state index in [0.717, 1.165) is 0 Å². The molecule has 0 aliphatic rings. The SMILES string of the molecule is CCS(CC)(CC)c1cc2c3sc4c(-c5ccccc5)cccc4c3cc3c(S(CC)(CC)CC)cc4c5sc6c(-c7ccccc7)cccc6c5cc1c4c32. The van der Waals surface area contributed by atoms with Crippen LogP contribution >= 0.6 is 42.7 Å². The van der Waals surface area contributed by atoms with Crippen LogP contribution in [0, 0.1) is 0 Å². The fraction of sp³-hybridized carbons (Fsp3) is 0.231. The molecule has 0 N–H and O–H groups in total. The Balaban J connectivity index is 1.47. The maximum absolute atomic E-state index is 2.75. The van der Waals surface area contributed by atoms with E-state index in [-0.39, 0.29) is 0 Å². The molecule has 0 aliphatic heterocycles. The van der Waals surface area contributed by atoms with Gasteiger partial charge in [-0.05, 0) is 112 Å². The van der Waals surface area contributed by atoms with Crippen LogP contribution in [0.3, 0.4) is 0 Å². The van der Waals surface area contributed by atoms with Gasteiger partial charge in [-0.25, -0.2) is 20.1 Å². The first kappa shape index (κ1) is 36.3. The average molecular weight is 803 g/mol. The average Bonchev–Trinajstić information content (AvgIpc) is 3.84. The fourth-order valence-corrected chi connectivity index (χ4v) is 19.1. The van der Waals surface area contributed by atoms with Crippen LogP contribution in [0.4, 0.5) is 0 Å². The summed E-state index contributed by atoms with van der Waals surface area (Å²) in [7, 11) is -2.16. The monoisotopic (exact) mass is 802 g/mol. The van der Waals surface area contributed by atoms with E-state index in [1.165, 1.54) is 129 Å². The predicted octanol–water partition coefficient (Wildman–Crippen LogP) is 17.1. The molecule has 0 aliphatic carbocycles. The highest BCUT2D eigenvalue weighted by Gasteiger charge is 2.31. The van der Waals surface area contributed by atoms with Crippen LogP contribution in [0.15, 0.2) is 131 Å². The Bertz CT molecular complexity index is 2860. The predicted molar refractivity (Wildman–Crippen MR) is 262 cm³/mol. The normalized spacial score (nSPS) is 13.5. The third-order valence-corrected chi connectivity index (χ3v) is 25.2. The molecule has 0 amide bonds. The molecule has 0 fully saturated rings. The van der Waals surface area contributed by atoms with Crippen LogP contribution < -0.4 is 0 Å². The highest BCUT2D eigenvalue weighted by Crippen LogP contribution is 2.64. The third kappa shape index (κ3) is 5.05. The summed E-state index contributed by atoms with van der Waals surface area (Å²) in [6.45, 7) is 14.8. The summed E-state index contributed by atoms with van der Waals surface area (Å²) < 4.78 is 5.74. The van der Waals surface area contributed by atoms with Crippen LogP contribution in [0.1, 0.15) is 41.5 Å². The molecule has 2 aromatic heterocycles. The molecule has 0 nitrogen and oxygen atoms in total. The molecular weight excluding hydrogens is 753 g/mol. The lowest BCUT2D eigenvalue weighted by atomic mass is 9.91. The third-order valence-electron chi connectivity index (χ3n) is 13.4. The molecule has 0 atom stereocenters. The molecule has 0 spiro atoms. The van der Waals surface area contributed by atoms with E-state index in [9.17, 15) is 0 Å². The molecule has 10 rings (SSSR count). The second-order valence-electron chi connectivity index (χ2n) is 15.3. The van der Waals surface area contributed by atoms with E-state index in [4.69, 9.17) is 0 Å². The van der Waals surface area contributed by atoms with Crippen molar-refractivity contribution in [3.05, 3.63) is 121 Å². The highest BCUT2D eigenvalue weighted by molar-refractivity contribution is 8.34. The van der Waals surface area contributed by atoms with Gasteiger partial charge in [-0.1, -0.05) is 139 Å². The Hall–Kier alpha value is -4.06. The lowest BCUT2D eigenvalue weighted by Crippen LogP contribution is -2.12. The smallest absolute Gasteiger partial charge is 0.0435 e. The van der Waals surface area contributed by atoms with E-state index < -0.39 is 20.1 Å². The first-order valence-electron chi connectivity index (χ1n) is 20.6. The second-order valence-corrected chi connectivity index (χ2v) is 25.9. The van der Waals surface area contributed by atoms with Crippen LogP contribution in [0.2, 0.25) is 0 Å². The summed E-state index contributed by atoms with van der Waals surface area (Å²) in [5.74, 6) is 7.25. The Morgan fingerprint density at radius 1 is 0.339 bits per heavy atom. The minimum atomic E-state index is -1.08. The van der Waals surface area contributed by atoms with Crippen molar-refractivity contribution >= 4 is 115 Å². The van der Waals surface area contributed by atoms with Crippen molar-refractivity contribution in [3.63, 3.8) is 0 Å². The van der Waals surface area contributed by atoms with Crippen molar-refractivity contribution in [1.82, 2.24) is 0 Å². The van der Waals surface area contributed by atoms with Gasteiger partial charge in [-0.3, -0.25) is 0 Å². The van der Waals surface area contributed by atoms with Crippen LogP contribution in [0.5, 0.6) is 0 Å². The standard InChI is InChI=1S/C52H50S4/c1-7-55(8-2,9-3)45-31-43-48-42(30-40-38-28-20-26-36(50(38)53-51(40)43)34-23-17-14-18-24-34)46(56(10-4,11-5)12-6)32-44-47(48)41(45)29-39-37-27-19-25-35(49(37)54-52(39)44)33-21-15-13-16-22-33/h13-32H,7-12H2,1-6H3. The molecule has 0 bridgehead atoms. The topological polar surface area (TPSA) is 0 Å². The quantitative estimate of drug-likeness (QED) is 0.121. The molecule has 2 heterocycles. The van der Waals surface area contributed by atoms with Gasteiger partial charge in [0.1, 0.15) is 0 Å². The Morgan fingerprint density at radius 2 is 0.714 bits per heavy atom. The van der Waals surface area contributed by atoms with Crippen LogP contribution in [-0.4, -0.2) is 34.5 Å². The van der Waals surface area contributed by atoms with Gasteiger partial charge in [-0.15, -0.1) is 22.7 Å². The van der Waals surface area contributed by atoms with E-state index in [0.29, 0.717) is 0 Å². The molecule has 0 saturated heterocycles. The van der Waals surface area contributed by atoms with Crippen molar-refractivity contribution in [2.75, 3.05) is 34.5 Å². The maximum Gasteiger partial charge on any atom is 0.0435 e. The van der Waals surface area contributed by atoms with Gasteiger partial charge in [0.25, 0.3) is 0 Å². The Labute approximate surface area is 342 Å². The van der Waals surface area contributed by atoms with E-state index in [1.54, 1.807) is 9.79 Å². The molecule has 8 aromatic carbocycles. The van der Waals surface area contributed by atoms with Gasteiger partial charge in [0.2, 0.25) is 0 Å². The van der Waals surface area contributed by atoms with Gasteiger partial charge in [0.15, 0.2) is 0 Å². The van der Waals surface area contributed by atoms with Gasteiger partial charge in [0.05, 0.1) is 0 Å². The first-order valence-corrected chi connectivity index (χ1v) is 26.5. The number of hydrogen-bond acceptors (Lipinski definition) is 2. The van der Waals surface area contributed by atoms with Gasteiger partial charge in [0, 0.05) is 51.1 Å². The number of thiophene rings is 2. The van der Waals surface area contributed by atoms with Crippen molar-refractivity contribution in [2.45, 2.75) is 51.3 Å². The second kappa shape index (κ2) is 13.8. The summed E-state index contributed by atoms with van der Waals surface area (Å²) >= 11 is 4.07. The van der Waals surface area contributed by atoms with Crippen molar-refractivity contribution in [3.8, 4) is 22.3 Å². The molecule has 282 valence electrons. The minimum absolute atomic E-state index is 1.08. The first-order chi connectivity index (χ1) is 27.4. The summed E-state index contributed by atoms with van der Waals surface area (Å²) in [4.78, 5) is 3.26. The molecule has 4 heteroatoms. The Kier molecular flexibility index (Phi) is 8.95. The molecule has 10 aromatic rings. The number of benzene rings is 8. The minimum Gasteiger partial charge on any atom is -0.215 e. The molecule has 0 radical (unpaired) electrons. The highest BCUT2D eigenvalue weighted by atomic mass is 32.3. The molecule has 0 saturated carbocycles. The van der Waals surface area contributed by atoms with Crippen molar-refractivity contribution < 1.29 is 0 Å². The molecule has 0 unspecified atom stereocenters. The lowest BCUT2D eigenvalue weighted by molar-refractivity contribution is 1.30. The number of hydrogen-bond donors (Lipinski definition) is 0. The van der Waals surface area contributed by atoms with Crippen molar-refractivity contribution in [1.29, 1.82) is 0 Å². The zero-order valence-corrected chi connectivity index (χ0v) is 36.7. The largest absolute Gasteiger partial charge is 0.215 e. The lowest BCUT2D eigenvalue weighted by Gasteiger charge is -2.41. The van der Waals surface area contributed by atoms with E-state index in [1.807, 2.05) is 22.7 Å². The number of fused-ring (bicyclic) bond motifs is 8. The fourth-order valence-electron chi connectivity index (χ4n) is 10.1. The summed E-state index contributed by atoms with van der Waals surface area (Å²) in [6, 6.07) is 46.9. The van der Waals surface area contributed by atoms with Gasteiger partial charge in [-0.2, -0.15) is 0 Å². The van der Waals surface area contributed by atoms with Crippen molar-refractivity contribution in [2.24, 2.45) is 0 Å². The zero-order valence-electron chi connectivity index (χ0n) is 33.4. The Morgan fingerprint density at radius 3 is 1.07 bits per heavy atom. The van der Waals surface area contributed by atoms with E-state index in [2.05, 4.69) is 163 Å². The molecular formula is C52H50S4. The summed E-state index contributed by atoms with van der Waals surface area (Å²) in [5.41, 5.74) is 5.29. The van der Waals surface area contributed by atoms with Crippen LogP contribution in [-0.2, 0) is 0 Å². The molecule has 56 heavy (non-hydrogen) atoms.